The van der Waals surface area contributed by atoms with Crippen LogP contribution in [-0.2, 0) is 9.59 Å². The normalized spacial score (nSPS) is 17.9. The van der Waals surface area contributed by atoms with Gasteiger partial charge in [-0.05, 0) is 81.2 Å². The molecular formula is C27H34O5S. The summed E-state index contributed by atoms with van der Waals surface area (Å²) in [6, 6.07) is 14.6. The molecule has 0 amide bonds. The predicted molar refractivity (Wildman–Crippen MR) is 132 cm³/mol. The maximum absolute atomic E-state index is 12.6. The fourth-order valence-corrected chi connectivity index (χ4v) is 4.64. The SMILES string of the molecule is CCCCSCCOc1ccc(OC(=O)[C@H]2CC[C@H](C(=O)Oc3ccc(C)cc3)CC2)cc1. The van der Waals surface area contributed by atoms with Crippen molar-refractivity contribution in [2.45, 2.75) is 52.4 Å². The first-order valence-electron chi connectivity index (χ1n) is 11.9. The average Bonchev–Trinajstić information content (AvgIpc) is 2.84. The van der Waals surface area contributed by atoms with Crippen LogP contribution < -0.4 is 14.2 Å². The van der Waals surface area contributed by atoms with E-state index in [2.05, 4.69) is 6.92 Å². The second kappa shape index (κ2) is 13.3. The Morgan fingerprint density at radius 3 is 1.79 bits per heavy atom. The molecule has 0 N–H and O–H groups in total. The highest BCUT2D eigenvalue weighted by Gasteiger charge is 2.32. The van der Waals surface area contributed by atoms with Crippen molar-refractivity contribution in [2.75, 3.05) is 18.1 Å². The van der Waals surface area contributed by atoms with Crippen LogP contribution in [0.15, 0.2) is 48.5 Å². The number of aryl methyl sites for hydroxylation is 1. The zero-order valence-electron chi connectivity index (χ0n) is 19.6. The lowest BCUT2D eigenvalue weighted by atomic mass is 9.82. The van der Waals surface area contributed by atoms with Gasteiger partial charge in [-0.15, -0.1) is 0 Å². The highest BCUT2D eigenvalue weighted by atomic mass is 32.2. The van der Waals surface area contributed by atoms with Gasteiger partial charge in [-0.2, -0.15) is 11.8 Å². The van der Waals surface area contributed by atoms with Gasteiger partial charge >= 0.3 is 11.9 Å². The summed E-state index contributed by atoms with van der Waals surface area (Å²) >= 11 is 1.90. The number of thioether (sulfide) groups is 1. The Kier molecular flexibility index (Phi) is 10.1. The van der Waals surface area contributed by atoms with Crippen LogP contribution in [0.5, 0.6) is 17.2 Å². The first-order valence-corrected chi connectivity index (χ1v) is 13.0. The molecule has 1 saturated carbocycles. The van der Waals surface area contributed by atoms with E-state index in [1.54, 1.807) is 24.3 Å². The summed E-state index contributed by atoms with van der Waals surface area (Å²) in [5.74, 6) is 3.18. The van der Waals surface area contributed by atoms with E-state index in [4.69, 9.17) is 14.2 Å². The molecule has 0 spiro atoms. The van der Waals surface area contributed by atoms with Gasteiger partial charge in [-0.3, -0.25) is 9.59 Å². The number of hydrogen-bond acceptors (Lipinski definition) is 6. The first kappa shape index (κ1) is 25.2. The van der Waals surface area contributed by atoms with Gasteiger partial charge in [-0.25, -0.2) is 0 Å². The minimum atomic E-state index is -0.235. The van der Waals surface area contributed by atoms with Crippen molar-refractivity contribution in [3.8, 4) is 17.2 Å². The molecule has 0 unspecified atom stereocenters. The van der Waals surface area contributed by atoms with E-state index in [0.29, 0.717) is 43.8 Å². The molecule has 6 heteroatoms. The van der Waals surface area contributed by atoms with E-state index in [1.807, 2.05) is 43.0 Å². The molecule has 0 bridgehead atoms. The smallest absolute Gasteiger partial charge is 0.314 e. The van der Waals surface area contributed by atoms with Gasteiger partial charge in [0, 0.05) is 5.75 Å². The number of carbonyl (C=O) groups is 2. The van der Waals surface area contributed by atoms with Crippen molar-refractivity contribution in [3.63, 3.8) is 0 Å². The van der Waals surface area contributed by atoms with Gasteiger partial charge in [-0.1, -0.05) is 31.0 Å². The predicted octanol–water partition coefficient (Wildman–Crippen LogP) is 6.22. The van der Waals surface area contributed by atoms with Crippen LogP contribution in [0.3, 0.4) is 0 Å². The molecule has 0 aliphatic heterocycles. The molecule has 178 valence electrons. The number of benzene rings is 2. The summed E-state index contributed by atoms with van der Waals surface area (Å²) in [4.78, 5) is 25.0. The fraction of sp³-hybridized carbons (Fsp3) is 0.481. The third kappa shape index (κ3) is 8.43. The average molecular weight is 471 g/mol. The fourth-order valence-electron chi connectivity index (χ4n) is 3.74. The van der Waals surface area contributed by atoms with Gasteiger partial charge in [0.05, 0.1) is 18.4 Å². The molecule has 2 aromatic rings. The minimum absolute atomic E-state index is 0.174. The van der Waals surface area contributed by atoms with Gasteiger partial charge in [0.2, 0.25) is 0 Å². The van der Waals surface area contributed by atoms with Crippen LogP contribution in [0.2, 0.25) is 0 Å². The molecule has 0 saturated heterocycles. The number of ether oxygens (including phenoxy) is 3. The van der Waals surface area contributed by atoms with E-state index in [1.165, 1.54) is 18.6 Å². The van der Waals surface area contributed by atoms with Crippen molar-refractivity contribution < 1.29 is 23.8 Å². The van der Waals surface area contributed by atoms with Crippen molar-refractivity contribution >= 4 is 23.7 Å². The molecule has 0 radical (unpaired) electrons. The quantitative estimate of drug-likeness (QED) is 0.221. The lowest BCUT2D eigenvalue weighted by Gasteiger charge is -2.25. The third-order valence-corrected chi connectivity index (χ3v) is 6.85. The van der Waals surface area contributed by atoms with Crippen molar-refractivity contribution in [1.82, 2.24) is 0 Å². The largest absolute Gasteiger partial charge is 0.493 e. The molecule has 0 atom stereocenters. The third-order valence-electron chi connectivity index (χ3n) is 5.81. The Morgan fingerprint density at radius 2 is 1.27 bits per heavy atom. The minimum Gasteiger partial charge on any atom is -0.493 e. The Morgan fingerprint density at radius 1 is 0.788 bits per heavy atom. The monoisotopic (exact) mass is 470 g/mol. The van der Waals surface area contributed by atoms with Crippen molar-refractivity contribution in [1.29, 1.82) is 0 Å². The molecule has 5 nitrogen and oxygen atoms in total. The van der Waals surface area contributed by atoms with Crippen LogP contribution >= 0.6 is 11.8 Å². The van der Waals surface area contributed by atoms with E-state index in [0.717, 1.165) is 17.1 Å². The molecule has 33 heavy (non-hydrogen) atoms. The van der Waals surface area contributed by atoms with Crippen LogP contribution in [0, 0.1) is 18.8 Å². The highest BCUT2D eigenvalue weighted by Crippen LogP contribution is 2.31. The van der Waals surface area contributed by atoms with E-state index < -0.39 is 0 Å². The molecule has 3 rings (SSSR count). The zero-order valence-corrected chi connectivity index (χ0v) is 20.4. The summed E-state index contributed by atoms with van der Waals surface area (Å²) < 4.78 is 16.8. The van der Waals surface area contributed by atoms with Crippen LogP contribution in [0.25, 0.3) is 0 Å². The number of rotatable bonds is 11. The lowest BCUT2D eigenvalue weighted by Crippen LogP contribution is -2.30. The van der Waals surface area contributed by atoms with Crippen LogP contribution in [0.1, 0.15) is 51.0 Å². The van der Waals surface area contributed by atoms with Crippen molar-refractivity contribution in [2.24, 2.45) is 11.8 Å². The number of carbonyl (C=O) groups excluding carboxylic acids is 2. The highest BCUT2D eigenvalue weighted by molar-refractivity contribution is 7.99. The summed E-state index contributed by atoms with van der Waals surface area (Å²) in [6.07, 6.45) is 4.98. The topological polar surface area (TPSA) is 61.8 Å². The van der Waals surface area contributed by atoms with Gasteiger partial charge < -0.3 is 14.2 Å². The van der Waals surface area contributed by atoms with E-state index in [-0.39, 0.29) is 23.8 Å². The maximum Gasteiger partial charge on any atom is 0.314 e. The molecule has 0 heterocycles. The Bertz CT molecular complexity index is 870. The lowest BCUT2D eigenvalue weighted by molar-refractivity contribution is -0.145. The molecule has 1 fully saturated rings. The number of esters is 2. The summed E-state index contributed by atoms with van der Waals surface area (Å²) in [6.45, 7) is 4.85. The second-order valence-corrected chi connectivity index (χ2v) is 9.71. The summed E-state index contributed by atoms with van der Waals surface area (Å²) in [7, 11) is 0. The summed E-state index contributed by atoms with van der Waals surface area (Å²) in [5, 5.41) is 0. The molecule has 2 aromatic carbocycles. The van der Waals surface area contributed by atoms with Crippen LogP contribution in [-0.4, -0.2) is 30.1 Å². The van der Waals surface area contributed by atoms with E-state index >= 15 is 0 Å². The van der Waals surface area contributed by atoms with Gasteiger partial charge in [0.1, 0.15) is 17.2 Å². The number of hydrogen-bond donors (Lipinski definition) is 0. The summed E-state index contributed by atoms with van der Waals surface area (Å²) in [5.41, 5.74) is 1.12. The molecule has 0 aromatic heterocycles. The molecule has 1 aliphatic rings. The van der Waals surface area contributed by atoms with Crippen LogP contribution in [0.4, 0.5) is 0 Å². The zero-order chi connectivity index (χ0) is 23.5. The number of unbranched alkanes of at least 4 members (excludes halogenated alkanes) is 1. The van der Waals surface area contributed by atoms with E-state index in [9.17, 15) is 9.59 Å². The first-order chi connectivity index (χ1) is 16.0. The standard InChI is InChI=1S/C27H34O5S/c1-3-4-18-33-19-17-30-23-13-15-25(16-14-23)32-27(29)22-9-7-21(8-10-22)26(28)31-24-11-5-20(2)6-12-24/h5-6,11-16,21-22H,3-4,7-10,17-19H2,1-2H3/t21-,22-. The Balaban J connectivity index is 1.37. The van der Waals surface area contributed by atoms with Gasteiger partial charge in [0.25, 0.3) is 0 Å². The van der Waals surface area contributed by atoms with Crippen molar-refractivity contribution in [3.05, 3.63) is 54.1 Å². The Hall–Kier alpha value is -2.47. The Labute approximate surface area is 201 Å². The maximum atomic E-state index is 12.6. The molecular weight excluding hydrogens is 436 g/mol. The van der Waals surface area contributed by atoms with Gasteiger partial charge in [0.15, 0.2) is 0 Å². The second-order valence-electron chi connectivity index (χ2n) is 8.49. The molecule has 1 aliphatic carbocycles.